The Bertz CT molecular complexity index is 93.6. The highest BCUT2D eigenvalue weighted by Gasteiger charge is 2.11. The summed E-state index contributed by atoms with van der Waals surface area (Å²) in [6.07, 6.45) is 1.80. The number of nitrogens with zero attached hydrogens (tertiary/aromatic N) is 1. The van der Waals surface area contributed by atoms with Crippen molar-refractivity contribution in [3.05, 3.63) is 0 Å². The van der Waals surface area contributed by atoms with Crippen molar-refractivity contribution in [1.29, 1.82) is 0 Å². The molecule has 0 aliphatic rings. The minimum Gasteiger partial charge on any atom is -0.337 e. The third-order valence-electron chi connectivity index (χ3n) is 0.867. The van der Waals surface area contributed by atoms with E-state index in [-0.39, 0.29) is 5.41 Å². The van der Waals surface area contributed by atoms with E-state index in [1.165, 1.54) is 4.90 Å². The maximum Gasteiger partial charge on any atom is 0.311 e. The van der Waals surface area contributed by atoms with E-state index < -0.39 is 0 Å². The van der Waals surface area contributed by atoms with Crippen molar-refractivity contribution in [2.45, 2.75) is 20.8 Å². The molecule has 0 spiro atoms. The molecule has 53 valence electrons. The van der Waals surface area contributed by atoms with Crippen LogP contribution in [0.3, 0.4) is 0 Å². The first-order valence-corrected chi connectivity index (χ1v) is 3.04. The minimum atomic E-state index is 0.187. The summed E-state index contributed by atoms with van der Waals surface area (Å²) in [4.78, 5) is 11.5. The lowest BCUT2D eigenvalue weighted by Crippen LogP contribution is -2.27. The van der Waals surface area contributed by atoms with Gasteiger partial charge in [0.2, 0.25) is 0 Å². The van der Waals surface area contributed by atoms with Gasteiger partial charge in [0.05, 0.1) is 0 Å². The van der Waals surface area contributed by atoms with Crippen LogP contribution in [0.4, 0.5) is 0 Å². The molecule has 2 heteroatoms. The van der Waals surface area contributed by atoms with E-state index in [0.717, 1.165) is 6.54 Å². The van der Waals surface area contributed by atoms with Crippen LogP contribution in [0.15, 0.2) is 0 Å². The van der Waals surface area contributed by atoms with Gasteiger partial charge in [-0.25, -0.2) is 0 Å². The Labute approximate surface area is 56.9 Å². The summed E-state index contributed by atoms with van der Waals surface area (Å²) in [7, 11) is 1.73. The van der Waals surface area contributed by atoms with Crippen LogP contribution in [-0.2, 0) is 4.79 Å². The third kappa shape index (κ3) is 5.34. The second-order valence-corrected chi connectivity index (χ2v) is 3.51. The Balaban J connectivity index is 3.59. The number of hydrogen-bond acceptors (Lipinski definition) is 1. The van der Waals surface area contributed by atoms with Gasteiger partial charge in [-0.15, -0.1) is 0 Å². The Kier molecular flexibility index (Phi) is 2.68. The number of rotatable bonds is 2. The van der Waals surface area contributed by atoms with Crippen molar-refractivity contribution in [2.75, 3.05) is 13.6 Å². The van der Waals surface area contributed by atoms with Crippen molar-refractivity contribution in [1.82, 2.24) is 4.90 Å². The fraction of sp³-hybridized carbons (Fsp3) is 0.857. The van der Waals surface area contributed by atoms with Crippen LogP contribution in [0.1, 0.15) is 20.8 Å². The van der Waals surface area contributed by atoms with Crippen LogP contribution in [0.5, 0.6) is 0 Å². The fourth-order valence-corrected chi connectivity index (χ4v) is 0.744. The van der Waals surface area contributed by atoms with Crippen LogP contribution in [0, 0.1) is 5.41 Å². The van der Waals surface area contributed by atoms with Crippen molar-refractivity contribution in [3.8, 4) is 0 Å². The number of hydrogen-bond donors (Lipinski definition) is 0. The molecule has 0 heterocycles. The monoisotopic (exact) mass is 128 g/mol. The smallest absolute Gasteiger partial charge is 0.311 e. The first-order chi connectivity index (χ1) is 3.95. The SMILES string of the molecule is CN([C]=O)CC(C)(C)C. The summed E-state index contributed by atoms with van der Waals surface area (Å²) >= 11 is 0. The quantitative estimate of drug-likeness (QED) is 0.509. The number of carbonyl (C=O) groups excluding carboxylic acids is 1. The lowest BCUT2D eigenvalue weighted by Gasteiger charge is -2.22. The van der Waals surface area contributed by atoms with Gasteiger partial charge in [0.1, 0.15) is 0 Å². The highest BCUT2D eigenvalue weighted by molar-refractivity contribution is 5.47. The molecule has 0 aromatic heterocycles. The first kappa shape index (κ1) is 8.47. The van der Waals surface area contributed by atoms with Gasteiger partial charge in [-0.3, -0.25) is 4.79 Å². The normalized spacial score (nSPS) is 11.1. The van der Waals surface area contributed by atoms with Gasteiger partial charge in [-0.05, 0) is 5.41 Å². The van der Waals surface area contributed by atoms with Crippen molar-refractivity contribution < 1.29 is 4.79 Å². The molecule has 0 aromatic carbocycles. The summed E-state index contributed by atoms with van der Waals surface area (Å²) in [5.41, 5.74) is 0.187. The maximum absolute atomic E-state index is 9.98. The molecule has 1 radical (unpaired) electrons. The van der Waals surface area contributed by atoms with Crippen LogP contribution in [0.2, 0.25) is 0 Å². The van der Waals surface area contributed by atoms with Gasteiger partial charge < -0.3 is 4.90 Å². The standard InChI is InChI=1S/C7H14NO/c1-7(2,3)5-8(4)6-9/h5H2,1-4H3. The summed E-state index contributed by atoms with van der Waals surface area (Å²) in [6, 6.07) is 0. The van der Waals surface area contributed by atoms with Gasteiger partial charge in [0.15, 0.2) is 0 Å². The summed E-state index contributed by atoms with van der Waals surface area (Å²) in [6.45, 7) is 7.01. The molecule has 0 rings (SSSR count). The molecule has 0 saturated heterocycles. The molecular weight excluding hydrogens is 114 g/mol. The van der Waals surface area contributed by atoms with E-state index in [4.69, 9.17) is 0 Å². The average molecular weight is 128 g/mol. The zero-order valence-electron chi connectivity index (χ0n) is 6.56. The second-order valence-electron chi connectivity index (χ2n) is 3.51. The Morgan fingerprint density at radius 2 is 1.89 bits per heavy atom. The lowest BCUT2D eigenvalue weighted by molar-refractivity contribution is 0.295. The van der Waals surface area contributed by atoms with Gasteiger partial charge in [0.25, 0.3) is 0 Å². The molecule has 0 aromatic rings. The molecule has 0 bridgehead atoms. The van der Waals surface area contributed by atoms with E-state index in [0.29, 0.717) is 0 Å². The molecule has 0 saturated carbocycles. The molecular formula is C7H14NO. The zero-order chi connectivity index (χ0) is 7.49. The molecule has 2 nitrogen and oxygen atoms in total. The summed E-state index contributed by atoms with van der Waals surface area (Å²) < 4.78 is 0. The first-order valence-electron chi connectivity index (χ1n) is 3.04. The zero-order valence-corrected chi connectivity index (χ0v) is 6.56. The molecule has 0 fully saturated rings. The molecule has 0 aliphatic heterocycles. The van der Waals surface area contributed by atoms with Crippen molar-refractivity contribution >= 4 is 6.41 Å². The molecule has 0 N–H and O–H groups in total. The van der Waals surface area contributed by atoms with Crippen molar-refractivity contribution in [3.63, 3.8) is 0 Å². The molecule has 0 aliphatic carbocycles. The highest BCUT2D eigenvalue weighted by atomic mass is 16.1. The maximum atomic E-state index is 9.98. The Morgan fingerprint density at radius 3 is 2.00 bits per heavy atom. The van der Waals surface area contributed by atoms with Gasteiger partial charge in [-0.2, -0.15) is 0 Å². The van der Waals surface area contributed by atoms with Gasteiger partial charge in [-0.1, -0.05) is 20.8 Å². The second kappa shape index (κ2) is 2.85. The Hall–Kier alpha value is -0.530. The predicted octanol–water partition coefficient (Wildman–Crippen LogP) is 1.03. The molecule has 9 heavy (non-hydrogen) atoms. The molecule has 1 amide bonds. The van der Waals surface area contributed by atoms with E-state index in [1.54, 1.807) is 13.5 Å². The molecule has 0 atom stereocenters. The molecule has 0 unspecified atom stereocenters. The third-order valence-corrected chi connectivity index (χ3v) is 0.867. The van der Waals surface area contributed by atoms with Crippen molar-refractivity contribution in [2.24, 2.45) is 5.41 Å². The van der Waals surface area contributed by atoms with E-state index in [9.17, 15) is 4.79 Å². The van der Waals surface area contributed by atoms with Gasteiger partial charge >= 0.3 is 6.41 Å². The topological polar surface area (TPSA) is 20.3 Å². The van der Waals surface area contributed by atoms with Crippen LogP contribution in [-0.4, -0.2) is 24.9 Å². The van der Waals surface area contributed by atoms with E-state index in [1.807, 2.05) is 0 Å². The van der Waals surface area contributed by atoms with E-state index >= 15 is 0 Å². The minimum absolute atomic E-state index is 0.187. The largest absolute Gasteiger partial charge is 0.337 e. The Morgan fingerprint density at radius 1 is 1.44 bits per heavy atom. The number of amides is 1. The van der Waals surface area contributed by atoms with E-state index in [2.05, 4.69) is 20.8 Å². The summed E-state index contributed by atoms with van der Waals surface area (Å²) in [5.74, 6) is 0. The average Bonchev–Trinajstić information content (AvgIpc) is 1.62. The van der Waals surface area contributed by atoms with Gasteiger partial charge in [0, 0.05) is 13.6 Å². The predicted molar refractivity (Wildman–Crippen MR) is 37.8 cm³/mol. The fourth-order valence-electron chi connectivity index (χ4n) is 0.744. The van der Waals surface area contributed by atoms with Crippen LogP contribution >= 0.6 is 0 Å². The lowest BCUT2D eigenvalue weighted by atomic mass is 9.97. The van der Waals surface area contributed by atoms with Crippen LogP contribution < -0.4 is 0 Å². The summed E-state index contributed by atoms with van der Waals surface area (Å²) in [5, 5.41) is 0. The highest BCUT2D eigenvalue weighted by Crippen LogP contribution is 2.12. The van der Waals surface area contributed by atoms with Crippen LogP contribution in [0.25, 0.3) is 0 Å².